The summed E-state index contributed by atoms with van der Waals surface area (Å²) in [6, 6.07) is 6.94. The highest BCUT2D eigenvalue weighted by Gasteiger charge is 2.54. The van der Waals surface area contributed by atoms with Crippen LogP contribution in [0.1, 0.15) is 44.6 Å². The molecule has 8 heteroatoms. The van der Waals surface area contributed by atoms with Crippen molar-refractivity contribution in [1.29, 1.82) is 0 Å². The van der Waals surface area contributed by atoms with Crippen LogP contribution in [0, 0.1) is 0 Å². The van der Waals surface area contributed by atoms with E-state index in [1.807, 2.05) is 24.3 Å². The highest BCUT2D eigenvalue weighted by Crippen LogP contribution is 2.32. The Kier molecular flexibility index (Phi) is 6.69. The van der Waals surface area contributed by atoms with Crippen LogP contribution in [0.3, 0.4) is 0 Å². The van der Waals surface area contributed by atoms with Gasteiger partial charge in [-0.15, -0.1) is 0 Å². The number of carbonyl (C=O) groups is 3. The van der Waals surface area contributed by atoms with Crippen LogP contribution >= 0.6 is 0 Å². The molecule has 174 valence electrons. The molecule has 0 aromatic heterocycles. The van der Waals surface area contributed by atoms with Gasteiger partial charge in [0, 0.05) is 31.7 Å². The number of hydrogen-bond donors (Lipinski definition) is 1. The Labute approximate surface area is 189 Å². The van der Waals surface area contributed by atoms with Gasteiger partial charge in [-0.3, -0.25) is 14.5 Å². The Bertz CT molecular complexity index is 865. The van der Waals surface area contributed by atoms with Crippen LogP contribution in [0.5, 0.6) is 5.75 Å². The molecule has 0 aliphatic carbocycles. The summed E-state index contributed by atoms with van der Waals surface area (Å²) >= 11 is 0. The summed E-state index contributed by atoms with van der Waals surface area (Å²) in [5.41, 5.74) is 0.0697. The minimum atomic E-state index is -0.773. The summed E-state index contributed by atoms with van der Waals surface area (Å²) in [5.74, 6) is 0.580. The second-order valence-corrected chi connectivity index (χ2v) is 9.15. The molecule has 0 saturated carbocycles. The van der Waals surface area contributed by atoms with E-state index >= 15 is 0 Å². The average Bonchev–Trinajstić information content (AvgIpc) is 3.05. The number of likely N-dealkylation sites (tertiary alicyclic amines) is 2. The third-order valence-electron chi connectivity index (χ3n) is 7.09. The number of ether oxygens (including phenoxy) is 1. The first-order chi connectivity index (χ1) is 15.5. The van der Waals surface area contributed by atoms with Gasteiger partial charge in [-0.2, -0.15) is 0 Å². The number of amides is 4. The summed E-state index contributed by atoms with van der Waals surface area (Å²) in [4.78, 5) is 44.9. The monoisotopic (exact) mass is 442 g/mol. The maximum Gasteiger partial charge on any atom is 0.325 e. The molecule has 3 fully saturated rings. The number of hydrogen-bond acceptors (Lipinski definition) is 5. The first-order valence-electron chi connectivity index (χ1n) is 11.8. The molecule has 3 aliphatic rings. The maximum absolute atomic E-state index is 13.4. The number of piperidine rings is 2. The predicted molar refractivity (Wildman–Crippen MR) is 120 cm³/mol. The fraction of sp³-hybridized carbons (Fsp3) is 0.625. The van der Waals surface area contributed by atoms with E-state index in [0.29, 0.717) is 31.7 Å². The van der Waals surface area contributed by atoms with Crippen molar-refractivity contribution >= 4 is 17.8 Å². The quantitative estimate of drug-likeness (QED) is 0.682. The summed E-state index contributed by atoms with van der Waals surface area (Å²) < 4.78 is 5.37. The molecule has 4 rings (SSSR count). The molecule has 3 aliphatic heterocycles. The zero-order valence-electron chi connectivity index (χ0n) is 19.1. The Hall–Kier alpha value is -2.61. The molecule has 3 heterocycles. The second-order valence-electron chi connectivity index (χ2n) is 9.15. The summed E-state index contributed by atoms with van der Waals surface area (Å²) in [7, 11) is 1.60. The van der Waals surface area contributed by atoms with Gasteiger partial charge in [0.05, 0.1) is 19.6 Å². The Morgan fingerprint density at radius 3 is 2.66 bits per heavy atom. The molecular formula is C24H34N4O4. The number of imide groups is 1. The van der Waals surface area contributed by atoms with E-state index in [-0.39, 0.29) is 30.3 Å². The van der Waals surface area contributed by atoms with Crippen LogP contribution < -0.4 is 10.1 Å². The molecule has 1 aromatic carbocycles. The first kappa shape index (κ1) is 22.6. The maximum atomic E-state index is 13.4. The highest BCUT2D eigenvalue weighted by atomic mass is 16.5. The van der Waals surface area contributed by atoms with E-state index in [1.54, 1.807) is 12.0 Å². The van der Waals surface area contributed by atoms with E-state index in [2.05, 4.69) is 17.1 Å². The first-order valence-corrected chi connectivity index (χ1v) is 11.8. The van der Waals surface area contributed by atoms with Crippen molar-refractivity contribution in [2.45, 2.75) is 57.0 Å². The molecule has 0 bridgehead atoms. The fourth-order valence-corrected chi connectivity index (χ4v) is 5.30. The lowest BCUT2D eigenvalue weighted by atomic mass is 9.87. The van der Waals surface area contributed by atoms with Gasteiger partial charge in [-0.05, 0) is 44.7 Å². The van der Waals surface area contributed by atoms with E-state index < -0.39 is 5.54 Å². The van der Waals surface area contributed by atoms with Gasteiger partial charge in [0.25, 0.3) is 5.91 Å². The van der Waals surface area contributed by atoms with Gasteiger partial charge in [0.1, 0.15) is 11.3 Å². The Morgan fingerprint density at radius 1 is 1.19 bits per heavy atom. The normalized spacial score (nSPS) is 23.5. The van der Waals surface area contributed by atoms with Crippen LogP contribution in [0.4, 0.5) is 4.79 Å². The number of carbonyl (C=O) groups excluding carboxylic acids is 3. The molecule has 4 amide bonds. The lowest BCUT2D eigenvalue weighted by molar-refractivity contribution is -0.138. The number of rotatable bonds is 6. The third-order valence-corrected chi connectivity index (χ3v) is 7.09. The number of nitrogens with one attached hydrogen (secondary N) is 1. The Balaban J connectivity index is 1.41. The van der Waals surface area contributed by atoms with Crippen LogP contribution in [-0.2, 0) is 16.0 Å². The minimum Gasteiger partial charge on any atom is -0.496 e. The molecule has 3 saturated heterocycles. The Morgan fingerprint density at radius 2 is 1.94 bits per heavy atom. The van der Waals surface area contributed by atoms with Crippen LogP contribution in [0.25, 0.3) is 0 Å². The van der Waals surface area contributed by atoms with Crippen LogP contribution in [0.15, 0.2) is 24.3 Å². The molecule has 1 unspecified atom stereocenters. The van der Waals surface area contributed by atoms with E-state index in [0.717, 1.165) is 44.5 Å². The highest BCUT2D eigenvalue weighted by molar-refractivity contribution is 6.07. The smallest absolute Gasteiger partial charge is 0.325 e. The van der Waals surface area contributed by atoms with Crippen molar-refractivity contribution in [3.63, 3.8) is 0 Å². The van der Waals surface area contributed by atoms with Gasteiger partial charge in [-0.1, -0.05) is 25.1 Å². The van der Waals surface area contributed by atoms with Crippen molar-refractivity contribution in [1.82, 2.24) is 20.0 Å². The van der Waals surface area contributed by atoms with Gasteiger partial charge in [0.2, 0.25) is 5.91 Å². The van der Waals surface area contributed by atoms with Gasteiger partial charge in [-0.25, -0.2) is 4.79 Å². The lowest BCUT2D eigenvalue weighted by Crippen LogP contribution is -2.56. The largest absolute Gasteiger partial charge is 0.496 e. The van der Waals surface area contributed by atoms with Crippen molar-refractivity contribution < 1.29 is 19.1 Å². The van der Waals surface area contributed by atoms with E-state index in [4.69, 9.17) is 4.74 Å². The second kappa shape index (κ2) is 9.48. The van der Waals surface area contributed by atoms with Crippen molar-refractivity contribution in [3.8, 4) is 5.75 Å². The average molecular weight is 443 g/mol. The number of methoxy groups -OCH3 is 1. The SMILES string of the molecule is CCCN1CCC2(CC1)NC(=O)N(C1CCCN(C(=O)Cc3ccccc3OC)C1)C2=O. The lowest BCUT2D eigenvalue weighted by Gasteiger charge is -2.39. The summed E-state index contributed by atoms with van der Waals surface area (Å²) in [6.45, 7) is 5.85. The van der Waals surface area contributed by atoms with Crippen molar-refractivity contribution in [3.05, 3.63) is 29.8 Å². The predicted octanol–water partition coefficient (Wildman–Crippen LogP) is 2.03. The molecule has 1 aromatic rings. The molecule has 1 spiro atoms. The molecule has 1 atom stereocenters. The summed E-state index contributed by atoms with van der Waals surface area (Å²) in [5, 5.41) is 3.02. The molecule has 32 heavy (non-hydrogen) atoms. The molecule has 0 radical (unpaired) electrons. The standard InChI is InChI=1S/C24H34N4O4/c1-3-12-26-14-10-24(11-15-26)22(30)28(23(31)25-24)19-8-6-13-27(17-19)21(29)16-18-7-4-5-9-20(18)32-2/h4-5,7,9,19H,3,6,8,10-17H2,1-2H3,(H,25,31). The van der Waals surface area contributed by atoms with Crippen molar-refractivity contribution in [2.75, 3.05) is 39.8 Å². The van der Waals surface area contributed by atoms with Gasteiger partial charge >= 0.3 is 6.03 Å². The molecular weight excluding hydrogens is 408 g/mol. The number of urea groups is 1. The minimum absolute atomic E-state index is 0.00570. The van der Waals surface area contributed by atoms with Crippen molar-refractivity contribution in [2.24, 2.45) is 0 Å². The van der Waals surface area contributed by atoms with Crippen LogP contribution in [-0.4, -0.2) is 84.0 Å². The number of nitrogens with zero attached hydrogens (tertiary/aromatic N) is 3. The number of para-hydroxylation sites is 1. The third kappa shape index (κ3) is 4.33. The number of benzene rings is 1. The van der Waals surface area contributed by atoms with Gasteiger partial charge < -0.3 is 19.9 Å². The van der Waals surface area contributed by atoms with Gasteiger partial charge in [0.15, 0.2) is 0 Å². The zero-order valence-corrected chi connectivity index (χ0v) is 19.1. The fourth-order valence-electron chi connectivity index (χ4n) is 5.30. The molecule has 1 N–H and O–H groups in total. The molecule has 8 nitrogen and oxygen atoms in total. The summed E-state index contributed by atoms with van der Waals surface area (Å²) in [6.07, 6.45) is 4.13. The van der Waals surface area contributed by atoms with E-state index in [1.165, 1.54) is 4.90 Å². The van der Waals surface area contributed by atoms with Crippen LogP contribution in [0.2, 0.25) is 0 Å². The zero-order chi connectivity index (χ0) is 22.7. The van der Waals surface area contributed by atoms with E-state index in [9.17, 15) is 14.4 Å². The topological polar surface area (TPSA) is 82.2 Å².